The maximum Gasteiger partial charge on any atom is 0.328 e. The van der Waals surface area contributed by atoms with Crippen LogP contribution in [0.2, 0.25) is 0 Å². The molecule has 0 saturated heterocycles. The van der Waals surface area contributed by atoms with Crippen LogP contribution in [0.4, 0.5) is 5.69 Å². The molecule has 0 saturated carbocycles. The summed E-state index contributed by atoms with van der Waals surface area (Å²) in [5, 5.41) is 10.9. The van der Waals surface area contributed by atoms with Gasteiger partial charge in [-0.2, -0.15) is 0 Å². The lowest BCUT2D eigenvalue weighted by Crippen LogP contribution is -2.09. The number of rotatable bonds is 3. The molecule has 78 valence electrons. The third-order valence-electron chi connectivity index (χ3n) is 1.78. The molecule has 1 rings (SSSR count). The Kier molecular flexibility index (Phi) is 3.62. The van der Waals surface area contributed by atoms with Crippen LogP contribution in [0.25, 0.3) is 0 Å². The number of nitrogens with one attached hydrogen (secondary N) is 1. The number of hydrogen-bond donors (Lipinski definition) is 2. The minimum absolute atomic E-state index is 0.452. The molecule has 1 amide bonds. The van der Waals surface area contributed by atoms with E-state index in [4.69, 9.17) is 5.11 Å². The molecule has 0 aliphatic carbocycles. The van der Waals surface area contributed by atoms with Crippen LogP contribution in [-0.2, 0) is 9.59 Å². The number of carboxylic acid groups (broad SMARTS) is 1. The summed E-state index contributed by atoms with van der Waals surface area (Å²) in [7, 11) is 0. The molecule has 15 heavy (non-hydrogen) atoms. The second-order valence-electron chi connectivity index (χ2n) is 2.98. The van der Waals surface area contributed by atoms with Gasteiger partial charge in [0.1, 0.15) is 0 Å². The number of para-hydroxylation sites is 1. The second kappa shape index (κ2) is 4.95. The van der Waals surface area contributed by atoms with Crippen molar-refractivity contribution in [2.45, 2.75) is 6.92 Å². The molecular weight excluding hydrogens is 194 g/mol. The number of aliphatic carboxylic acids is 1. The predicted octanol–water partition coefficient (Wildman–Crippen LogP) is 1.57. The molecular formula is C11H11NO3. The second-order valence-corrected chi connectivity index (χ2v) is 2.98. The van der Waals surface area contributed by atoms with Crippen LogP contribution in [0, 0.1) is 6.92 Å². The average Bonchev–Trinajstić information content (AvgIpc) is 2.18. The predicted molar refractivity (Wildman–Crippen MR) is 56.6 cm³/mol. The van der Waals surface area contributed by atoms with Crippen molar-refractivity contribution in [1.29, 1.82) is 0 Å². The van der Waals surface area contributed by atoms with Crippen molar-refractivity contribution < 1.29 is 14.7 Å². The van der Waals surface area contributed by atoms with E-state index >= 15 is 0 Å². The first-order valence-corrected chi connectivity index (χ1v) is 4.37. The molecule has 4 nitrogen and oxygen atoms in total. The first-order chi connectivity index (χ1) is 7.09. The van der Waals surface area contributed by atoms with Crippen molar-refractivity contribution in [1.82, 2.24) is 0 Å². The summed E-state index contributed by atoms with van der Waals surface area (Å²) < 4.78 is 0. The van der Waals surface area contributed by atoms with Crippen LogP contribution in [0.3, 0.4) is 0 Å². The Morgan fingerprint density at radius 3 is 2.53 bits per heavy atom. The molecule has 0 fully saturated rings. The molecule has 0 aliphatic rings. The molecule has 0 unspecified atom stereocenters. The molecule has 0 aliphatic heterocycles. The Morgan fingerprint density at radius 2 is 1.93 bits per heavy atom. The van der Waals surface area contributed by atoms with Gasteiger partial charge < -0.3 is 10.4 Å². The number of hydrogen-bond acceptors (Lipinski definition) is 2. The van der Waals surface area contributed by atoms with E-state index in [1.807, 2.05) is 19.1 Å². The van der Waals surface area contributed by atoms with Gasteiger partial charge in [0.05, 0.1) is 0 Å². The zero-order chi connectivity index (χ0) is 11.3. The Balaban J connectivity index is 2.67. The van der Waals surface area contributed by atoms with Crippen LogP contribution >= 0.6 is 0 Å². The SMILES string of the molecule is Cc1ccccc1NC(=O)/C=C\C(=O)O. The van der Waals surface area contributed by atoms with Gasteiger partial charge in [-0.3, -0.25) is 4.79 Å². The van der Waals surface area contributed by atoms with Gasteiger partial charge in [-0.05, 0) is 18.6 Å². The lowest BCUT2D eigenvalue weighted by Gasteiger charge is -2.04. The monoisotopic (exact) mass is 205 g/mol. The highest BCUT2D eigenvalue weighted by Crippen LogP contribution is 2.12. The average molecular weight is 205 g/mol. The largest absolute Gasteiger partial charge is 0.478 e. The van der Waals surface area contributed by atoms with E-state index in [1.54, 1.807) is 12.1 Å². The molecule has 2 N–H and O–H groups in total. The summed E-state index contributed by atoms with van der Waals surface area (Å²) in [5.74, 6) is -1.60. The topological polar surface area (TPSA) is 66.4 Å². The number of carboxylic acids is 1. The summed E-state index contributed by atoms with van der Waals surface area (Å²) >= 11 is 0. The fraction of sp³-hybridized carbons (Fsp3) is 0.0909. The van der Waals surface area contributed by atoms with Crippen molar-refractivity contribution in [3.63, 3.8) is 0 Å². The van der Waals surface area contributed by atoms with E-state index in [-0.39, 0.29) is 0 Å². The standard InChI is InChI=1S/C11H11NO3/c1-8-4-2-3-5-9(8)12-10(13)6-7-11(14)15/h2-7H,1H3,(H,12,13)(H,14,15)/b7-6-. The van der Waals surface area contributed by atoms with Gasteiger partial charge in [0.25, 0.3) is 0 Å². The highest BCUT2D eigenvalue weighted by atomic mass is 16.4. The minimum Gasteiger partial charge on any atom is -0.478 e. The minimum atomic E-state index is -1.14. The van der Waals surface area contributed by atoms with E-state index in [9.17, 15) is 9.59 Å². The molecule has 1 aromatic rings. The van der Waals surface area contributed by atoms with Gasteiger partial charge in [0, 0.05) is 17.8 Å². The van der Waals surface area contributed by atoms with Gasteiger partial charge >= 0.3 is 5.97 Å². The van der Waals surface area contributed by atoms with E-state index < -0.39 is 11.9 Å². The summed E-state index contributed by atoms with van der Waals surface area (Å²) in [6.45, 7) is 1.86. The third-order valence-corrected chi connectivity index (χ3v) is 1.78. The van der Waals surface area contributed by atoms with E-state index in [0.717, 1.165) is 17.7 Å². The van der Waals surface area contributed by atoms with Gasteiger partial charge in [-0.15, -0.1) is 0 Å². The summed E-state index contributed by atoms with van der Waals surface area (Å²) in [4.78, 5) is 21.4. The van der Waals surface area contributed by atoms with Gasteiger partial charge in [0.2, 0.25) is 5.91 Å². The lowest BCUT2D eigenvalue weighted by atomic mass is 10.2. The van der Waals surface area contributed by atoms with E-state index in [0.29, 0.717) is 5.69 Å². The van der Waals surface area contributed by atoms with Crippen LogP contribution in [0.5, 0.6) is 0 Å². The third kappa shape index (κ3) is 3.64. The first-order valence-electron chi connectivity index (χ1n) is 4.37. The van der Waals surface area contributed by atoms with Gasteiger partial charge in [0.15, 0.2) is 0 Å². The summed E-state index contributed by atoms with van der Waals surface area (Å²) in [5.41, 5.74) is 1.60. The quantitative estimate of drug-likeness (QED) is 0.736. The Labute approximate surface area is 87.2 Å². The van der Waals surface area contributed by atoms with Crippen LogP contribution in [0.1, 0.15) is 5.56 Å². The van der Waals surface area contributed by atoms with Crippen molar-refractivity contribution in [2.75, 3.05) is 5.32 Å². The van der Waals surface area contributed by atoms with E-state index in [1.165, 1.54) is 0 Å². The summed E-state index contributed by atoms with van der Waals surface area (Å²) in [6, 6.07) is 7.26. The zero-order valence-electron chi connectivity index (χ0n) is 8.23. The fourth-order valence-corrected chi connectivity index (χ4v) is 1.03. The van der Waals surface area contributed by atoms with Crippen molar-refractivity contribution in [3.05, 3.63) is 42.0 Å². The van der Waals surface area contributed by atoms with Crippen LogP contribution < -0.4 is 5.32 Å². The maximum atomic E-state index is 11.2. The highest BCUT2D eigenvalue weighted by molar-refractivity contribution is 6.02. The van der Waals surface area contributed by atoms with E-state index in [2.05, 4.69) is 5.32 Å². The molecule has 0 atom stereocenters. The van der Waals surface area contributed by atoms with Crippen LogP contribution in [0.15, 0.2) is 36.4 Å². The smallest absolute Gasteiger partial charge is 0.328 e. The molecule has 0 radical (unpaired) electrons. The Hall–Kier alpha value is -2.10. The van der Waals surface area contributed by atoms with Crippen molar-refractivity contribution >= 4 is 17.6 Å². The Morgan fingerprint density at radius 1 is 1.27 bits per heavy atom. The fourth-order valence-electron chi connectivity index (χ4n) is 1.03. The highest BCUT2D eigenvalue weighted by Gasteiger charge is 2.00. The summed E-state index contributed by atoms with van der Waals surface area (Å²) in [6.07, 6.45) is 1.78. The maximum absolute atomic E-state index is 11.2. The normalized spacial score (nSPS) is 10.2. The van der Waals surface area contributed by atoms with Gasteiger partial charge in [-0.1, -0.05) is 18.2 Å². The molecule has 1 aromatic carbocycles. The molecule has 0 spiro atoms. The number of benzene rings is 1. The van der Waals surface area contributed by atoms with Crippen molar-refractivity contribution in [2.24, 2.45) is 0 Å². The molecule has 0 heterocycles. The molecule has 0 bridgehead atoms. The number of carbonyl (C=O) groups is 2. The molecule has 4 heteroatoms. The number of aryl methyl sites for hydroxylation is 1. The zero-order valence-corrected chi connectivity index (χ0v) is 8.23. The first kappa shape index (κ1) is 11.0. The van der Waals surface area contributed by atoms with Gasteiger partial charge in [-0.25, -0.2) is 4.79 Å². The van der Waals surface area contributed by atoms with Crippen molar-refractivity contribution in [3.8, 4) is 0 Å². The number of carbonyl (C=O) groups excluding carboxylic acids is 1. The lowest BCUT2D eigenvalue weighted by molar-refractivity contribution is -0.131. The Bertz CT molecular complexity index is 410. The molecule has 0 aromatic heterocycles. The number of amides is 1. The number of anilines is 1. The van der Waals surface area contributed by atoms with Crippen LogP contribution in [-0.4, -0.2) is 17.0 Å².